The van der Waals surface area contributed by atoms with Crippen molar-refractivity contribution in [3.05, 3.63) is 73.9 Å². The van der Waals surface area contributed by atoms with Crippen molar-refractivity contribution in [2.75, 3.05) is 5.73 Å². The summed E-state index contributed by atoms with van der Waals surface area (Å²) >= 11 is 18.4. The van der Waals surface area contributed by atoms with E-state index in [1.807, 2.05) is 6.07 Å². The molecule has 1 heterocycles. The molecule has 2 aromatic carbocycles. The molecule has 0 amide bonds. The third kappa shape index (κ3) is 3.51. The fourth-order valence-electron chi connectivity index (χ4n) is 2.37. The Kier molecular flexibility index (Phi) is 5.14. The maximum Gasteiger partial charge on any atom is 0.206 e. The van der Waals surface area contributed by atoms with Gasteiger partial charge in [0.1, 0.15) is 6.07 Å². The SMILES string of the molecule is N#Cc1nnn(Cc2cc(Cl)c(C(=O)c3ccc(Cl)cc3)c(Cl)c2)c1N. The number of rotatable bonds is 4. The van der Waals surface area contributed by atoms with Gasteiger partial charge in [-0.1, -0.05) is 40.0 Å². The lowest BCUT2D eigenvalue weighted by Gasteiger charge is -2.10. The van der Waals surface area contributed by atoms with Gasteiger partial charge in [0, 0.05) is 10.6 Å². The molecule has 130 valence electrons. The van der Waals surface area contributed by atoms with Crippen molar-refractivity contribution in [3.63, 3.8) is 0 Å². The number of carbonyl (C=O) groups excluding carboxylic acids is 1. The van der Waals surface area contributed by atoms with Gasteiger partial charge in [-0.15, -0.1) is 5.10 Å². The third-order valence-corrected chi connectivity index (χ3v) is 4.50. The Morgan fingerprint density at radius 2 is 1.77 bits per heavy atom. The molecule has 0 bridgehead atoms. The summed E-state index contributed by atoms with van der Waals surface area (Å²) < 4.78 is 1.35. The van der Waals surface area contributed by atoms with E-state index in [-0.39, 0.29) is 39.4 Å². The topological polar surface area (TPSA) is 97.6 Å². The molecule has 2 N–H and O–H groups in total. The number of halogens is 3. The van der Waals surface area contributed by atoms with E-state index in [1.54, 1.807) is 36.4 Å². The first-order valence-corrected chi connectivity index (χ1v) is 8.41. The highest BCUT2D eigenvalue weighted by molar-refractivity contribution is 6.41. The smallest absolute Gasteiger partial charge is 0.206 e. The normalized spacial score (nSPS) is 10.5. The quantitative estimate of drug-likeness (QED) is 0.661. The summed E-state index contributed by atoms with van der Waals surface area (Å²) in [6.07, 6.45) is 0. The lowest BCUT2D eigenvalue weighted by Crippen LogP contribution is -2.08. The molecule has 0 spiro atoms. The number of nitrogens with zero attached hydrogens (tertiary/aromatic N) is 4. The lowest BCUT2D eigenvalue weighted by atomic mass is 10.0. The molecule has 0 aliphatic heterocycles. The molecule has 0 unspecified atom stereocenters. The molecular formula is C17H10Cl3N5O. The second kappa shape index (κ2) is 7.34. The minimum Gasteiger partial charge on any atom is -0.381 e. The molecular weight excluding hydrogens is 397 g/mol. The largest absolute Gasteiger partial charge is 0.381 e. The number of ketones is 1. The average molecular weight is 407 g/mol. The predicted molar refractivity (Wildman–Crippen MR) is 99.6 cm³/mol. The number of nitrogen functional groups attached to an aromatic ring is 1. The molecule has 0 atom stereocenters. The van der Waals surface area contributed by atoms with Crippen LogP contribution >= 0.6 is 34.8 Å². The molecule has 9 heteroatoms. The zero-order valence-corrected chi connectivity index (χ0v) is 15.3. The minimum atomic E-state index is -0.310. The molecule has 1 aromatic heterocycles. The first-order chi connectivity index (χ1) is 12.4. The van der Waals surface area contributed by atoms with Crippen molar-refractivity contribution in [1.29, 1.82) is 5.26 Å². The number of nitrogens with two attached hydrogens (primary N) is 1. The summed E-state index contributed by atoms with van der Waals surface area (Å²) in [5, 5.41) is 17.3. The van der Waals surface area contributed by atoms with Crippen LogP contribution in [-0.2, 0) is 6.54 Å². The van der Waals surface area contributed by atoms with Crippen molar-refractivity contribution in [3.8, 4) is 6.07 Å². The van der Waals surface area contributed by atoms with E-state index in [0.29, 0.717) is 16.1 Å². The van der Waals surface area contributed by atoms with Crippen LogP contribution in [0.25, 0.3) is 0 Å². The minimum absolute atomic E-state index is 0.0386. The fourth-order valence-corrected chi connectivity index (χ4v) is 3.20. The molecule has 0 fully saturated rings. The molecule has 0 saturated heterocycles. The highest BCUT2D eigenvalue weighted by Gasteiger charge is 2.19. The van der Waals surface area contributed by atoms with E-state index in [0.717, 1.165) is 0 Å². The van der Waals surface area contributed by atoms with E-state index in [9.17, 15) is 4.79 Å². The van der Waals surface area contributed by atoms with Gasteiger partial charge in [0.25, 0.3) is 0 Å². The van der Waals surface area contributed by atoms with Crippen LogP contribution in [0.4, 0.5) is 5.82 Å². The standard InChI is InChI=1S/C17H10Cl3N5O/c18-11-3-1-10(2-4-11)16(26)15-12(19)5-9(6-13(15)20)8-25-17(22)14(7-21)23-24-25/h1-6H,8,22H2. The van der Waals surface area contributed by atoms with Crippen LogP contribution in [-0.4, -0.2) is 20.8 Å². The van der Waals surface area contributed by atoms with E-state index in [4.69, 9.17) is 45.8 Å². The maximum atomic E-state index is 12.7. The summed E-state index contributed by atoms with van der Waals surface area (Å²) in [5.41, 5.74) is 7.11. The number of aromatic nitrogens is 3. The monoisotopic (exact) mass is 405 g/mol. The van der Waals surface area contributed by atoms with Crippen LogP contribution in [0.15, 0.2) is 36.4 Å². The number of benzene rings is 2. The zero-order chi connectivity index (χ0) is 18.8. The average Bonchev–Trinajstić information content (AvgIpc) is 2.94. The Balaban J connectivity index is 1.93. The highest BCUT2D eigenvalue weighted by atomic mass is 35.5. The molecule has 0 aliphatic rings. The highest BCUT2D eigenvalue weighted by Crippen LogP contribution is 2.30. The van der Waals surface area contributed by atoms with Gasteiger partial charge >= 0.3 is 0 Å². The van der Waals surface area contributed by atoms with Crippen LogP contribution in [0.1, 0.15) is 27.2 Å². The summed E-state index contributed by atoms with van der Waals surface area (Å²) in [5.74, 6) is -0.170. The van der Waals surface area contributed by atoms with Crippen molar-refractivity contribution in [1.82, 2.24) is 15.0 Å². The van der Waals surface area contributed by atoms with E-state index >= 15 is 0 Å². The molecule has 3 rings (SSSR count). The molecule has 0 saturated carbocycles. The van der Waals surface area contributed by atoms with E-state index in [1.165, 1.54) is 4.68 Å². The maximum absolute atomic E-state index is 12.7. The first kappa shape index (κ1) is 18.2. The van der Waals surface area contributed by atoms with Crippen molar-refractivity contribution >= 4 is 46.4 Å². The van der Waals surface area contributed by atoms with Gasteiger partial charge < -0.3 is 5.73 Å². The van der Waals surface area contributed by atoms with Gasteiger partial charge in [0.2, 0.25) is 5.69 Å². The lowest BCUT2D eigenvalue weighted by molar-refractivity contribution is 0.103. The van der Waals surface area contributed by atoms with Gasteiger partial charge in [-0.25, -0.2) is 4.68 Å². The summed E-state index contributed by atoms with van der Waals surface area (Å²) in [6.45, 7) is 0.204. The third-order valence-electron chi connectivity index (χ3n) is 3.65. The van der Waals surface area contributed by atoms with E-state index in [2.05, 4.69) is 10.3 Å². The molecule has 6 nitrogen and oxygen atoms in total. The molecule has 26 heavy (non-hydrogen) atoms. The zero-order valence-electron chi connectivity index (χ0n) is 13.1. The Bertz CT molecular complexity index is 1010. The second-order valence-electron chi connectivity index (χ2n) is 5.36. The van der Waals surface area contributed by atoms with Gasteiger partial charge in [-0.3, -0.25) is 4.79 Å². The second-order valence-corrected chi connectivity index (χ2v) is 6.61. The van der Waals surface area contributed by atoms with Gasteiger partial charge in [0.05, 0.1) is 22.2 Å². The Morgan fingerprint density at radius 1 is 1.15 bits per heavy atom. The summed E-state index contributed by atoms with van der Waals surface area (Å²) in [4.78, 5) is 12.7. The summed E-state index contributed by atoms with van der Waals surface area (Å²) in [6, 6.07) is 11.5. The number of carbonyl (C=O) groups is 1. The Morgan fingerprint density at radius 3 is 2.31 bits per heavy atom. The van der Waals surface area contributed by atoms with Gasteiger partial charge in [-0.2, -0.15) is 5.26 Å². The van der Waals surface area contributed by atoms with Crippen molar-refractivity contribution in [2.45, 2.75) is 6.54 Å². The number of hydrogen-bond acceptors (Lipinski definition) is 5. The molecule has 0 radical (unpaired) electrons. The number of hydrogen-bond donors (Lipinski definition) is 1. The molecule has 3 aromatic rings. The van der Waals surface area contributed by atoms with Crippen LogP contribution in [0.2, 0.25) is 15.1 Å². The Hall–Kier alpha value is -2.59. The molecule has 0 aliphatic carbocycles. The predicted octanol–water partition coefficient (Wildman–Crippen LogP) is 3.97. The number of anilines is 1. The van der Waals surface area contributed by atoms with Crippen LogP contribution in [0, 0.1) is 11.3 Å². The van der Waals surface area contributed by atoms with Crippen LogP contribution in [0.3, 0.4) is 0 Å². The fraction of sp³-hybridized carbons (Fsp3) is 0.0588. The van der Waals surface area contributed by atoms with Gasteiger partial charge in [-0.05, 0) is 42.0 Å². The van der Waals surface area contributed by atoms with E-state index < -0.39 is 0 Å². The van der Waals surface area contributed by atoms with Crippen LogP contribution in [0.5, 0.6) is 0 Å². The van der Waals surface area contributed by atoms with Crippen molar-refractivity contribution < 1.29 is 4.79 Å². The first-order valence-electron chi connectivity index (χ1n) is 7.28. The Labute approximate surface area is 163 Å². The number of nitriles is 1. The van der Waals surface area contributed by atoms with Gasteiger partial charge in [0.15, 0.2) is 11.6 Å². The van der Waals surface area contributed by atoms with Crippen molar-refractivity contribution in [2.24, 2.45) is 0 Å². The van der Waals surface area contributed by atoms with Crippen LogP contribution < -0.4 is 5.73 Å². The summed E-state index contributed by atoms with van der Waals surface area (Å²) in [7, 11) is 0.